The number of benzene rings is 2. The van der Waals surface area contributed by atoms with Crippen LogP contribution in [0.1, 0.15) is 17.5 Å². The van der Waals surface area contributed by atoms with Gasteiger partial charge in [-0.2, -0.15) is 16.9 Å². The van der Waals surface area contributed by atoms with Crippen molar-refractivity contribution in [1.29, 1.82) is 0 Å². The summed E-state index contributed by atoms with van der Waals surface area (Å²) in [5, 5.41) is 4.32. The summed E-state index contributed by atoms with van der Waals surface area (Å²) in [6.45, 7) is 0. The van der Waals surface area contributed by atoms with Gasteiger partial charge in [0, 0.05) is 23.3 Å². The maximum Gasteiger partial charge on any atom is 0.240 e. The average molecular weight is 298 g/mol. The molecule has 0 aromatic heterocycles. The minimum atomic E-state index is -0.0614. The first kappa shape index (κ1) is 15.3. The van der Waals surface area contributed by atoms with E-state index < -0.39 is 0 Å². The van der Waals surface area contributed by atoms with E-state index in [-0.39, 0.29) is 5.91 Å². The van der Waals surface area contributed by atoms with Crippen LogP contribution in [-0.4, -0.2) is 23.6 Å². The molecule has 0 aliphatic rings. The van der Waals surface area contributed by atoms with E-state index in [9.17, 15) is 4.79 Å². The van der Waals surface area contributed by atoms with Gasteiger partial charge in [0.15, 0.2) is 0 Å². The number of carbonyl (C=O) groups excluding carboxylic acids is 1. The summed E-state index contributed by atoms with van der Waals surface area (Å²) >= 11 is 1.65. The van der Waals surface area contributed by atoms with E-state index in [0.29, 0.717) is 6.42 Å². The Labute approximate surface area is 129 Å². The minimum Gasteiger partial charge on any atom is -0.273 e. The quantitative estimate of drug-likeness (QED) is 0.656. The van der Waals surface area contributed by atoms with E-state index in [1.165, 1.54) is 0 Å². The Morgan fingerprint density at radius 1 is 1.00 bits per heavy atom. The molecule has 0 heterocycles. The highest BCUT2D eigenvalue weighted by molar-refractivity contribution is 7.98. The van der Waals surface area contributed by atoms with Crippen molar-refractivity contribution in [2.75, 3.05) is 12.0 Å². The third-order valence-corrected chi connectivity index (χ3v) is 3.53. The summed E-state index contributed by atoms with van der Waals surface area (Å²) in [5.41, 5.74) is 5.38. The molecular weight excluding hydrogens is 280 g/mol. The third kappa shape index (κ3) is 4.76. The second kappa shape index (κ2) is 8.27. The molecule has 2 aromatic carbocycles. The summed E-state index contributed by atoms with van der Waals surface area (Å²) in [7, 11) is 0. The summed E-state index contributed by atoms with van der Waals surface area (Å²) in [5.74, 6) is 0.738. The maximum absolute atomic E-state index is 11.7. The number of hydrazone groups is 1. The van der Waals surface area contributed by atoms with Crippen molar-refractivity contribution in [3.63, 3.8) is 0 Å². The van der Waals surface area contributed by atoms with Crippen LogP contribution in [0.25, 0.3) is 0 Å². The fourth-order valence-corrected chi connectivity index (χ4v) is 2.25. The van der Waals surface area contributed by atoms with E-state index in [0.717, 1.165) is 22.6 Å². The minimum absolute atomic E-state index is 0.0614. The first-order valence-corrected chi connectivity index (χ1v) is 8.17. The standard InChI is InChI=1S/C17H18N2OS/c1-21-13-12-16(20)18-19-17(14-8-4-2-5-9-14)15-10-6-3-7-11-15/h2-11H,12-13H2,1H3,(H,18,20). The smallest absolute Gasteiger partial charge is 0.240 e. The zero-order valence-corrected chi connectivity index (χ0v) is 12.8. The van der Waals surface area contributed by atoms with Gasteiger partial charge in [-0.1, -0.05) is 60.7 Å². The van der Waals surface area contributed by atoms with Crippen LogP contribution in [0.4, 0.5) is 0 Å². The average Bonchev–Trinajstić information content (AvgIpc) is 2.55. The molecule has 1 amide bonds. The van der Waals surface area contributed by atoms with Crippen LogP contribution < -0.4 is 5.43 Å². The highest BCUT2D eigenvalue weighted by atomic mass is 32.2. The zero-order valence-electron chi connectivity index (χ0n) is 12.0. The first-order valence-electron chi connectivity index (χ1n) is 6.77. The molecule has 0 radical (unpaired) electrons. The number of nitrogens with one attached hydrogen (secondary N) is 1. The summed E-state index contributed by atoms with van der Waals surface area (Å²) in [4.78, 5) is 11.7. The molecule has 0 aliphatic carbocycles. The van der Waals surface area contributed by atoms with E-state index in [4.69, 9.17) is 0 Å². The van der Waals surface area contributed by atoms with Crippen LogP contribution in [-0.2, 0) is 4.79 Å². The molecule has 0 saturated heterocycles. The van der Waals surface area contributed by atoms with Crippen LogP contribution >= 0.6 is 11.8 Å². The summed E-state index contributed by atoms with van der Waals surface area (Å²) in [6.07, 6.45) is 2.46. The molecule has 2 aromatic rings. The predicted molar refractivity (Wildman–Crippen MR) is 89.7 cm³/mol. The molecule has 0 fully saturated rings. The molecular formula is C17H18N2OS. The molecule has 0 aliphatic heterocycles. The zero-order chi connectivity index (χ0) is 14.9. The van der Waals surface area contributed by atoms with Gasteiger partial charge in [-0.15, -0.1) is 0 Å². The van der Waals surface area contributed by atoms with Crippen LogP contribution in [0.5, 0.6) is 0 Å². The molecule has 3 nitrogen and oxygen atoms in total. The van der Waals surface area contributed by atoms with Crippen LogP contribution in [0, 0.1) is 0 Å². The highest BCUT2D eigenvalue weighted by Crippen LogP contribution is 2.10. The van der Waals surface area contributed by atoms with Gasteiger partial charge < -0.3 is 0 Å². The van der Waals surface area contributed by atoms with Gasteiger partial charge in [0.2, 0.25) is 5.91 Å². The van der Waals surface area contributed by atoms with Crippen molar-refractivity contribution in [3.05, 3.63) is 71.8 Å². The predicted octanol–water partition coefficient (Wildman–Crippen LogP) is 3.31. The molecule has 4 heteroatoms. The fraction of sp³-hybridized carbons (Fsp3) is 0.176. The maximum atomic E-state index is 11.7. The van der Waals surface area contributed by atoms with Crippen LogP contribution in [0.2, 0.25) is 0 Å². The van der Waals surface area contributed by atoms with Crippen molar-refractivity contribution in [2.24, 2.45) is 5.10 Å². The van der Waals surface area contributed by atoms with E-state index in [1.54, 1.807) is 11.8 Å². The topological polar surface area (TPSA) is 41.5 Å². The lowest BCUT2D eigenvalue weighted by molar-refractivity contribution is -0.120. The number of thioether (sulfide) groups is 1. The second-order valence-electron chi connectivity index (χ2n) is 4.47. The Kier molecular flexibility index (Phi) is 6.03. The van der Waals surface area contributed by atoms with Crippen LogP contribution in [0.15, 0.2) is 65.8 Å². The van der Waals surface area contributed by atoms with E-state index >= 15 is 0 Å². The van der Waals surface area contributed by atoms with Crippen molar-refractivity contribution >= 4 is 23.4 Å². The number of nitrogens with zero attached hydrogens (tertiary/aromatic N) is 1. The van der Waals surface area contributed by atoms with Gasteiger partial charge >= 0.3 is 0 Å². The third-order valence-electron chi connectivity index (χ3n) is 2.92. The number of hydrogen-bond acceptors (Lipinski definition) is 3. The summed E-state index contributed by atoms with van der Waals surface area (Å²) < 4.78 is 0. The van der Waals surface area contributed by atoms with Crippen LogP contribution in [0.3, 0.4) is 0 Å². The number of hydrogen-bond donors (Lipinski definition) is 1. The molecule has 0 saturated carbocycles. The number of rotatable bonds is 6. The lowest BCUT2D eigenvalue weighted by Gasteiger charge is -2.07. The Bertz CT molecular complexity index is 555. The Morgan fingerprint density at radius 3 is 2.00 bits per heavy atom. The monoisotopic (exact) mass is 298 g/mol. The molecule has 0 spiro atoms. The molecule has 0 bridgehead atoms. The lowest BCUT2D eigenvalue weighted by atomic mass is 10.0. The van der Waals surface area contributed by atoms with Gasteiger partial charge in [0.05, 0.1) is 5.71 Å². The Balaban J connectivity index is 2.23. The fourth-order valence-electron chi connectivity index (χ4n) is 1.86. The normalized spacial score (nSPS) is 9.95. The van der Waals surface area contributed by atoms with Crippen molar-refractivity contribution in [1.82, 2.24) is 5.43 Å². The number of carbonyl (C=O) groups is 1. The molecule has 0 atom stereocenters. The molecule has 21 heavy (non-hydrogen) atoms. The largest absolute Gasteiger partial charge is 0.273 e. The van der Waals surface area contributed by atoms with Gasteiger partial charge in [-0.05, 0) is 6.26 Å². The lowest BCUT2D eigenvalue weighted by Crippen LogP contribution is -2.20. The molecule has 0 unspecified atom stereocenters. The molecule has 1 N–H and O–H groups in total. The molecule has 2 rings (SSSR count). The van der Waals surface area contributed by atoms with E-state index in [2.05, 4.69) is 10.5 Å². The van der Waals surface area contributed by atoms with Gasteiger partial charge in [-0.25, -0.2) is 5.43 Å². The van der Waals surface area contributed by atoms with Gasteiger partial charge in [0.1, 0.15) is 0 Å². The summed E-state index contributed by atoms with van der Waals surface area (Å²) in [6, 6.07) is 19.7. The van der Waals surface area contributed by atoms with Gasteiger partial charge in [0.25, 0.3) is 0 Å². The SMILES string of the molecule is CSCCC(=O)NN=C(c1ccccc1)c1ccccc1. The second-order valence-corrected chi connectivity index (χ2v) is 5.46. The van der Waals surface area contributed by atoms with Gasteiger partial charge in [-0.3, -0.25) is 4.79 Å². The Hall–Kier alpha value is -2.07. The Morgan fingerprint density at radius 2 is 1.52 bits per heavy atom. The number of amides is 1. The molecule has 108 valence electrons. The van der Waals surface area contributed by atoms with Crippen molar-refractivity contribution < 1.29 is 4.79 Å². The van der Waals surface area contributed by atoms with Crippen molar-refractivity contribution in [3.8, 4) is 0 Å². The highest BCUT2D eigenvalue weighted by Gasteiger charge is 2.07. The van der Waals surface area contributed by atoms with Crippen molar-refractivity contribution in [2.45, 2.75) is 6.42 Å². The van der Waals surface area contributed by atoms with E-state index in [1.807, 2.05) is 66.9 Å². The first-order chi connectivity index (χ1) is 10.3.